The van der Waals surface area contributed by atoms with Gasteiger partial charge in [-0.25, -0.2) is 9.78 Å². The van der Waals surface area contributed by atoms with Crippen molar-refractivity contribution in [2.24, 2.45) is 0 Å². The van der Waals surface area contributed by atoms with Crippen LogP contribution in [0, 0.1) is 13.8 Å². The van der Waals surface area contributed by atoms with E-state index >= 15 is 0 Å². The number of para-hydroxylation sites is 1. The number of carbonyl (C=O) groups is 1. The number of amides is 1. The first-order valence-electron chi connectivity index (χ1n) is 6.09. The van der Waals surface area contributed by atoms with Gasteiger partial charge in [0.15, 0.2) is 5.89 Å². The lowest BCUT2D eigenvalue weighted by Gasteiger charge is -2.05. The third-order valence-electron chi connectivity index (χ3n) is 2.57. The molecule has 0 aliphatic rings. The molecule has 2 aromatic rings. The van der Waals surface area contributed by atoms with Crippen molar-refractivity contribution >= 4 is 6.09 Å². The zero-order valence-corrected chi connectivity index (χ0v) is 11.0. The summed E-state index contributed by atoms with van der Waals surface area (Å²) in [5, 5.41) is 2.67. The molecular weight excluding hydrogens is 244 g/mol. The molecule has 0 saturated heterocycles. The highest BCUT2D eigenvalue weighted by Gasteiger charge is 2.08. The molecule has 0 aliphatic carbocycles. The summed E-state index contributed by atoms with van der Waals surface area (Å²) in [7, 11) is 0. The van der Waals surface area contributed by atoms with Gasteiger partial charge in [-0.2, -0.15) is 0 Å². The van der Waals surface area contributed by atoms with Gasteiger partial charge in [-0.1, -0.05) is 18.2 Å². The van der Waals surface area contributed by atoms with Crippen molar-refractivity contribution in [2.45, 2.75) is 20.3 Å². The Kier molecular flexibility index (Phi) is 4.18. The van der Waals surface area contributed by atoms with Gasteiger partial charge >= 0.3 is 6.09 Å². The number of ether oxygens (including phenoxy) is 1. The van der Waals surface area contributed by atoms with Gasteiger partial charge in [0.25, 0.3) is 0 Å². The minimum absolute atomic E-state index is 0.446. The van der Waals surface area contributed by atoms with E-state index in [-0.39, 0.29) is 0 Å². The summed E-state index contributed by atoms with van der Waals surface area (Å²) in [5.41, 5.74) is 0.857. The van der Waals surface area contributed by atoms with Crippen molar-refractivity contribution in [1.82, 2.24) is 10.3 Å². The van der Waals surface area contributed by atoms with Gasteiger partial charge in [0.1, 0.15) is 11.5 Å². The smallest absolute Gasteiger partial charge is 0.412 e. The van der Waals surface area contributed by atoms with Crippen LogP contribution in [0.4, 0.5) is 4.79 Å². The van der Waals surface area contributed by atoms with Crippen molar-refractivity contribution in [1.29, 1.82) is 0 Å². The number of aromatic nitrogens is 1. The highest BCUT2D eigenvalue weighted by molar-refractivity contribution is 5.70. The Bertz CT molecular complexity index is 549. The van der Waals surface area contributed by atoms with E-state index in [1.165, 1.54) is 0 Å². The van der Waals surface area contributed by atoms with Gasteiger partial charge < -0.3 is 14.5 Å². The molecule has 0 fully saturated rings. The standard InChI is InChI=1S/C14H16N2O3/c1-10-13(18-11(2)16-10)8-9-15-14(17)19-12-6-4-3-5-7-12/h3-7H,8-9H2,1-2H3,(H,15,17). The van der Waals surface area contributed by atoms with Gasteiger partial charge in [0.2, 0.25) is 0 Å². The first-order valence-corrected chi connectivity index (χ1v) is 6.09. The zero-order valence-electron chi connectivity index (χ0n) is 11.0. The van der Waals surface area contributed by atoms with Crippen LogP contribution < -0.4 is 10.1 Å². The van der Waals surface area contributed by atoms with Gasteiger partial charge in [-0.05, 0) is 19.1 Å². The van der Waals surface area contributed by atoms with E-state index in [1.54, 1.807) is 19.1 Å². The molecule has 0 unspecified atom stereocenters. The molecule has 0 radical (unpaired) electrons. The van der Waals surface area contributed by atoms with Crippen LogP contribution in [-0.2, 0) is 6.42 Å². The van der Waals surface area contributed by atoms with Crippen LogP contribution in [0.3, 0.4) is 0 Å². The van der Waals surface area contributed by atoms with Crippen molar-refractivity contribution < 1.29 is 13.9 Å². The average molecular weight is 260 g/mol. The summed E-state index contributed by atoms with van der Waals surface area (Å²) in [4.78, 5) is 15.7. The fourth-order valence-corrected chi connectivity index (χ4v) is 1.72. The summed E-state index contributed by atoms with van der Waals surface area (Å²) in [6.07, 6.45) is 0.122. The van der Waals surface area contributed by atoms with Crippen LogP contribution in [0.1, 0.15) is 17.3 Å². The summed E-state index contributed by atoms with van der Waals surface area (Å²) in [6.45, 7) is 4.13. The summed E-state index contributed by atoms with van der Waals surface area (Å²) >= 11 is 0. The molecule has 19 heavy (non-hydrogen) atoms. The summed E-state index contributed by atoms with van der Waals surface area (Å²) < 4.78 is 10.5. The van der Waals surface area contributed by atoms with Crippen molar-refractivity contribution in [3.63, 3.8) is 0 Å². The number of oxazole rings is 1. The minimum Gasteiger partial charge on any atom is -0.446 e. The molecule has 0 bridgehead atoms. The Hall–Kier alpha value is -2.30. The quantitative estimate of drug-likeness (QED) is 0.917. The van der Waals surface area contributed by atoms with E-state index in [1.807, 2.05) is 25.1 Å². The molecule has 1 heterocycles. The van der Waals surface area contributed by atoms with Gasteiger partial charge in [-0.15, -0.1) is 0 Å². The topological polar surface area (TPSA) is 64.4 Å². The molecule has 0 atom stereocenters. The molecule has 1 aromatic heterocycles. The molecule has 2 rings (SSSR count). The van der Waals surface area contributed by atoms with Crippen LogP contribution in [0.25, 0.3) is 0 Å². The highest BCUT2D eigenvalue weighted by Crippen LogP contribution is 2.10. The second kappa shape index (κ2) is 6.04. The number of hydrogen-bond donors (Lipinski definition) is 1. The van der Waals surface area contributed by atoms with Crippen molar-refractivity contribution in [2.75, 3.05) is 6.54 Å². The maximum absolute atomic E-state index is 11.5. The normalized spacial score (nSPS) is 10.2. The molecule has 1 aromatic carbocycles. The molecule has 1 N–H and O–H groups in total. The third-order valence-corrected chi connectivity index (χ3v) is 2.57. The van der Waals surface area contributed by atoms with Crippen LogP contribution >= 0.6 is 0 Å². The fourth-order valence-electron chi connectivity index (χ4n) is 1.72. The number of rotatable bonds is 4. The number of nitrogens with one attached hydrogen (secondary N) is 1. The first-order chi connectivity index (χ1) is 9.15. The van der Waals surface area contributed by atoms with Crippen LogP contribution in [0.2, 0.25) is 0 Å². The maximum Gasteiger partial charge on any atom is 0.412 e. The van der Waals surface area contributed by atoms with E-state index in [0.29, 0.717) is 24.6 Å². The van der Waals surface area contributed by atoms with E-state index in [0.717, 1.165) is 11.5 Å². The Morgan fingerprint density at radius 3 is 2.68 bits per heavy atom. The van der Waals surface area contributed by atoms with Crippen LogP contribution in [0.5, 0.6) is 5.75 Å². The molecule has 0 saturated carbocycles. The van der Waals surface area contributed by atoms with E-state index in [2.05, 4.69) is 10.3 Å². The molecule has 1 amide bonds. The lowest BCUT2D eigenvalue weighted by Crippen LogP contribution is -2.28. The summed E-state index contributed by atoms with van der Waals surface area (Å²) in [5.74, 6) is 1.95. The van der Waals surface area contributed by atoms with Crippen molar-refractivity contribution in [3.8, 4) is 5.75 Å². The molecular formula is C14H16N2O3. The van der Waals surface area contributed by atoms with Crippen LogP contribution in [-0.4, -0.2) is 17.6 Å². The molecule has 100 valence electrons. The van der Waals surface area contributed by atoms with E-state index in [4.69, 9.17) is 9.15 Å². The second-order valence-electron chi connectivity index (χ2n) is 4.12. The molecule has 5 nitrogen and oxygen atoms in total. The molecule has 0 spiro atoms. The van der Waals surface area contributed by atoms with Crippen LogP contribution in [0.15, 0.2) is 34.7 Å². The lowest BCUT2D eigenvalue weighted by atomic mass is 10.3. The predicted molar refractivity (Wildman–Crippen MR) is 70.1 cm³/mol. The summed E-state index contributed by atoms with van der Waals surface area (Å²) in [6, 6.07) is 8.93. The zero-order chi connectivity index (χ0) is 13.7. The Balaban J connectivity index is 1.77. The minimum atomic E-state index is -0.472. The second-order valence-corrected chi connectivity index (χ2v) is 4.12. The first kappa shape index (κ1) is 13.1. The van der Waals surface area contributed by atoms with E-state index < -0.39 is 6.09 Å². The monoisotopic (exact) mass is 260 g/mol. The molecule has 5 heteroatoms. The Labute approximate surface area is 111 Å². The average Bonchev–Trinajstić information content (AvgIpc) is 2.69. The Morgan fingerprint density at radius 1 is 1.32 bits per heavy atom. The fraction of sp³-hybridized carbons (Fsp3) is 0.286. The van der Waals surface area contributed by atoms with Gasteiger partial charge in [-0.3, -0.25) is 0 Å². The maximum atomic E-state index is 11.5. The molecule has 0 aliphatic heterocycles. The number of aryl methyl sites for hydroxylation is 2. The van der Waals surface area contributed by atoms with E-state index in [9.17, 15) is 4.79 Å². The lowest BCUT2D eigenvalue weighted by molar-refractivity contribution is 0.200. The van der Waals surface area contributed by atoms with Crippen molar-refractivity contribution in [3.05, 3.63) is 47.7 Å². The number of nitrogens with zero attached hydrogens (tertiary/aromatic N) is 1. The number of carbonyl (C=O) groups excluding carboxylic acids is 1. The van der Waals surface area contributed by atoms with Gasteiger partial charge in [0, 0.05) is 19.9 Å². The number of benzene rings is 1. The largest absolute Gasteiger partial charge is 0.446 e. The Morgan fingerprint density at radius 2 is 2.05 bits per heavy atom. The number of hydrogen-bond acceptors (Lipinski definition) is 4. The van der Waals surface area contributed by atoms with Gasteiger partial charge in [0.05, 0.1) is 5.69 Å². The SMILES string of the molecule is Cc1nc(C)c(CCNC(=O)Oc2ccccc2)o1. The predicted octanol–water partition coefficient (Wildman–Crippen LogP) is 2.62. The highest BCUT2D eigenvalue weighted by atomic mass is 16.6. The third kappa shape index (κ3) is 3.84.